The number of aromatic nitrogens is 4. The van der Waals surface area contributed by atoms with Gasteiger partial charge in [-0.25, -0.2) is 4.79 Å². The highest BCUT2D eigenvalue weighted by Gasteiger charge is 2.15. The molecule has 0 saturated carbocycles. The molecule has 10 heteroatoms. The summed E-state index contributed by atoms with van der Waals surface area (Å²) >= 11 is 0. The van der Waals surface area contributed by atoms with Gasteiger partial charge in [-0.1, -0.05) is 22.4 Å². The molecule has 0 spiro atoms. The lowest BCUT2D eigenvalue weighted by Gasteiger charge is -2.06. The van der Waals surface area contributed by atoms with E-state index in [0.717, 1.165) is 0 Å². The van der Waals surface area contributed by atoms with Gasteiger partial charge in [0.05, 0.1) is 17.7 Å². The second-order valence-corrected chi connectivity index (χ2v) is 6.56. The summed E-state index contributed by atoms with van der Waals surface area (Å²) in [7, 11) is 0. The Morgan fingerprint density at radius 1 is 0.938 bits per heavy atom. The van der Waals surface area contributed by atoms with Crippen molar-refractivity contribution in [3.63, 3.8) is 0 Å². The van der Waals surface area contributed by atoms with E-state index in [1.807, 2.05) is 31.2 Å². The van der Waals surface area contributed by atoms with Crippen LogP contribution in [-0.2, 0) is 18.0 Å². The molecular weight excluding hydrogens is 416 g/mol. The molecule has 0 aliphatic carbocycles. The Hall–Kier alpha value is -4.21. The highest BCUT2D eigenvalue weighted by Crippen LogP contribution is 2.27. The lowest BCUT2D eigenvalue weighted by atomic mass is 10.2. The molecule has 2 heterocycles. The normalized spacial score (nSPS) is 10.7. The molecule has 0 aliphatic heterocycles. The molecule has 0 amide bonds. The molecule has 2 aromatic carbocycles. The van der Waals surface area contributed by atoms with Crippen molar-refractivity contribution in [3.05, 3.63) is 71.7 Å². The molecule has 4 aromatic rings. The average molecular weight is 436 g/mol. The van der Waals surface area contributed by atoms with Crippen molar-refractivity contribution in [1.29, 1.82) is 0 Å². The molecule has 0 N–H and O–H groups in total. The van der Waals surface area contributed by atoms with Gasteiger partial charge in [-0.05, 0) is 43.3 Å². The van der Waals surface area contributed by atoms with Gasteiger partial charge in [-0.2, -0.15) is 9.97 Å². The second-order valence-electron chi connectivity index (χ2n) is 6.56. The van der Waals surface area contributed by atoms with Gasteiger partial charge in [0.1, 0.15) is 11.5 Å². The van der Waals surface area contributed by atoms with Gasteiger partial charge in [-0.15, -0.1) is 0 Å². The molecule has 4 rings (SSSR count). The summed E-state index contributed by atoms with van der Waals surface area (Å²) in [4.78, 5) is 20.7. The third kappa shape index (κ3) is 5.09. The van der Waals surface area contributed by atoms with Crippen LogP contribution in [0.3, 0.4) is 0 Å². The SMILES string of the molecule is CCOc1ccccc1-c1noc(COC(=O)c2ccc(OCc3noc(C)n3)cc2)n1. The maximum Gasteiger partial charge on any atom is 0.338 e. The zero-order valence-corrected chi connectivity index (χ0v) is 17.5. The molecule has 0 bridgehead atoms. The first kappa shape index (κ1) is 21.0. The summed E-state index contributed by atoms with van der Waals surface area (Å²) in [5.74, 6) is 2.12. The Morgan fingerprint density at radius 3 is 2.50 bits per heavy atom. The van der Waals surface area contributed by atoms with Crippen LogP contribution in [0.15, 0.2) is 57.6 Å². The molecule has 0 unspecified atom stereocenters. The minimum atomic E-state index is -0.528. The van der Waals surface area contributed by atoms with E-state index in [9.17, 15) is 4.79 Å². The zero-order chi connectivity index (χ0) is 22.3. The number of hydrogen-bond acceptors (Lipinski definition) is 10. The number of esters is 1. The van der Waals surface area contributed by atoms with Gasteiger partial charge in [0.25, 0.3) is 5.89 Å². The first-order valence-corrected chi connectivity index (χ1v) is 9.86. The largest absolute Gasteiger partial charge is 0.493 e. The van der Waals surface area contributed by atoms with Crippen molar-refractivity contribution in [3.8, 4) is 22.9 Å². The fraction of sp³-hybridized carbons (Fsp3) is 0.227. The van der Waals surface area contributed by atoms with Crippen molar-refractivity contribution < 1.29 is 28.1 Å². The number of carbonyl (C=O) groups is 1. The topological polar surface area (TPSA) is 123 Å². The standard InChI is InChI=1S/C22H20N4O6/c1-3-28-18-7-5-4-6-17(18)21-24-20(32-26-21)13-30-22(27)15-8-10-16(11-9-15)29-12-19-23-14(2)31-25-19/h4-11H,3,12-13H2,1-2H3. The molecule has 2 aromatic heterocycles. The van der Waals surface area contributed by atoms with E-state index in [1.54, 1.807) is 31.2 Å². The third-order valence-electron chi connectivity index (χ3n) is 4.25. The van der Waals surface area contributed by atoms with Gasteiger partial charge in [-0.3, -0.25) is 0 Å². The maximum atomic E-state index is 12.3. The van der Waals surface area contributed by atoms with Crippen LogP contribution in [0.5, 0.6) is 11.5 Å². The van der Waals surface area contributed by atoms with Crippen LogP contribution in [0.4, 0.5) is 0 Å². The summed E-state index contributed by atoms with van der Waals surface area (Å²) < 4.78 is 26.5. The Morgan fingerprint density at radius 2 is 1.75 bits per heavy atom. The van der Waals surface area contributed by atoms with E-state index in [-0.39, 0.29) is 19.1 Å². The number of nitrogens with zero attached hydrogens (tertiary/aromatic N) is 4. The number of benzene rings is 2. The molecule has 0 aliphatic rings. The molecular formula is C22H20N4O6. The third-order valence-corrected chi connectivity index (χ3v) is 4.25. The van der Waals surface area contributed by atoms with Crippen LogP contribution in [-0.4, -0.2) is 32.9 Å². The Balaban J connectivity index is 1.32. The highest BCUT2D eigenvalue weighted by molar-refractivity contribution is 5.89. The van der Waals surface area contributed by atoms with E-state index in [2.05, 4.69) is 20.3 Å². The molecule has 0 atom stereocenters. The Labute approximate surface area is 183 Å². The Kier molecular flexibility index (Phi) is 6.40. The summed E-state index contributed by atoms with van der Waals surface area (Å²) in [5, 5.41) is 7.70. The predicted octanol–water partition coefficient (Wildman–Crippen LogP) is 3.76. The van der Waals surface area contributed by atoms with E-state index >= 15 is 0 Å². The molecule has 0 radical (unpaired) electrons. The predicted molar refractivity (Wildman–Crippen MR) is 110 cm³/mol. The summed E-state index contributed by atoms with van der Waals surface area (Å²) in [6, 6.07) is 13.9. The van der Waals surface area contributed by atoms with Gasteiger partial charge in [0.15, 0.2) is 13.2 Å². The van der Waals surface area contributed by atoms with Crippen molar-refractivity contribution in [1.82, 2.24) is 20.3 Å². The Bertz CT molecular complexity index is 1190. The van der Waals surface area contributed by atoms with E-state index in [0.29, 0.717) is 46.8 Å². The lowest BCUT2D eigenvalue weighted by Crippen LogP contribution is -2.05. The fourth-order valence-electron chi connectivity index (χ4n) is 2.80. The summed E-state index contributed by atoms with van der Waals surface area (Å²) in [5.41, 5.74) is 1.05. The van der Waals surface area contributed by atoms with E-state index in [1.165, 1.54) is 0 Å². The van der Waals surface area contributed by atoms with E-state index < -0.39 is 5.97 Å². The number of carbonyl (C=O) groups excluding carboxylic acids is 1. The van der Waals surface area contributed by atoms with Crippen LogP contribution in [0.25, 0.3) is 11.4 Å². The lowest BCUT2D eigenvalue weighted by molar-refractivity contribution is 0.0429. The number of hydrogen-bond donors (Lipinski definition) is 0. The van der Waals surface area contributed by atoms with Crippen molar-refractivity contribution >= 4 is 5.97 Å². The molecule has 0 saturated heterocycles. The van der Waals surface area contributed by atoms with Gasteiger partial charge < -0.3 is 23.3 Å². The zero-order valence-electron chi connectivity index (χ0n) is 17.5. The van der Waals surface area contributed by atoms with Crippen LogP contribution < -0.4 is 9.47 Å². The monoisotopic (exact) mass is 436 g/mol. The van der Waals surface area contributed by atoms with Crippen molar-refractivity contribution in [2.75, 3.05) is 6.61 Å². The van der Waals surface area contributed by atoms with Gasteiger partial charge in [0.2, 0.25) is 17.5 Å². The maximum absolute atomic E-state index is 12.3. The highest BCUT2D eigenvalue weighted by atomic mass is 16.6. The fourth-order valence-corrected chi connectivity index (χ4v) is 2.80. The van der Waals surface area contributed by atoms with Crippen LogP contribution in [0.1, 0.15) is 34.9 Å². The number of aryl methyl sites for hydroxylation is 1. The van der Waals surface area contributed by atoms with Gasteiger partial charge >= 0.3 is 5.97 Å². The smallest absolute Gasteiger partial charge is 0.338 e. The first-order chi connectivity index (χ1) is 15.6. The number of para-hydroxylation sites is 1. The van der Waals surface area contributed by atoms with Crippen LogP contribution >= 0.6 is 0 Å². The van der Waals surface area contributed by atoms with Crippen LogP contribution in [0, 0.1) is 6.92 Å². The quantitative estimate of drug-likeness (QED) is 0.358. The van der Waals surface area contributed by atoms with Gasteiger partial charge in [0, 0.05) is 6.92 Å². The average Bonchev–Trinajstić information content (AvgIpc) is 3.46. The minimum Gasteiger partial charge on any atom is -0.493 e. The first-order valence-electron chi connectivity index (χ1n) is 9.86. The van der Waals surface area contributed by atoms with Crippen molar-refractivity contribution in [2.45, 2.75) is 27.1 Å². The second kappa shape index (κ2) is 9.73. The summed E-state index contributed by atoms with van der Waals surface area (Å²) in [6.07, 6.45) is 0. The molecule has 0 fully saturated rings. The molecule has 164 valence electrons. The van der Waals surface area contributed by atoms with Crippen molar-refractivity contribution in [2.24, 2.45) is 0 Å². The number of rotatable bonds is 9. The van der Waals surface area contributed by atoms with E-state index in [4.69, 9.17) is 23.3 Å². The summed E-state index contributed by atoms with van der Waals surface area (Å²) in [6.45, 7) is 4.11. The minimum absolute atomic E-state index is 0.155. The molecule has 10 nitrogen and oxygen atoms in total. The molecule has 32 heavy (non-hydrogen) atoms. The number of ether oxygens (including phenoxy) is 3. The van der Waals surface area contributed by atoms with Crippen LogP contribution in [0.2, 0.25) is 0 Å².